The molecule has 1 heteroatoms. The number of rotatable bonds is 3. The number of hydrogen-bond donors (Lipinski definition) is 0. The van der Waals surface area contributed by atoms with Crippen LogP contribution in [0.3, 0.4) is 0 Å². The number of nitrogens with zero attached hydrogens (tertiary/aromatic N) is 1. The van der Waals surface area contributed by atoms with Gasteiger partial charge in [0.15, 0.2) is 0 Å². The van der Waals surface area contributed by atoms with Crippen molar-refractivity contribution in [1.29, 1.82) is 0 Å². The lowest BCUT2D eigenvalue weighted by Gasteiger charge is -2.11. The SMILES string of the molecule is Cc1c(CC(C)C)ccn1C(C)C. The third-order valence-electron chi connectivity index (χ3n) is 2.47. The lowest BCUT2D eigenvalue weighted by atomic mass is 10.0. The van der Waals surface area contributed by atoms with Crippen LogP contribution in [-0.4, -0.2) is 4.57 Å². The molecule has 0 unspecified atom stereocenters. The second kappa shape index (κ2) is 3.99. The Morgan fingerprint density at radius 2 is 1.85 bits per heavy atom. The summed E-state index contributed by atoms with van der Waals surface area (Å²) in [5.41, 5.74) is 2.94. The van der Waals surface area contributed by atoms with Gasteiger partial charge in [-0.3, -0.25) is 0 Å². The summed E-state index contributed by atoms with van der Waals surface area (Å²) in [4.78, 5) is 0. The molecule has 0 spiro atoms. The smallest absolute Gasteiger partial charge is 0.0276 e. The first-order valence-electron chi connectivity index (χ1n) is 5.18. The highest BCUT2D eigenvalue weighted by molar-refractivity contribution is 5.22. The van der Waals surface area contributed by atoms with E-state index in [1.54, 1.807) is 0 Å². The topological polar surface area (TPSA) is 4.93 Å². The molecule has 0 amide bonds. The van der Waals surface area contributed by atoms with E-state index < -0.39 is 0 Å². The van der Waals surface area contributed by atoms with Crippen LogP contribution in [0.1, 0.15) is 45.0 Å². The molecule has 1 aromatic heterocycles. The summed E-state index contributed by atoms with van der Waals surface area (Å²) < 4.78 is 2.34. The number of aromatic nitrogens is 1. The first-order chi connectivity index (χ1) is 6.02. The molecule has 1 rings (SSSR count). The minimum atomic E-state index is 0.584. The van der Waals surface area contributed by atoms with E-state index in [0.717, 1.165) is 5.92 Å². The summed E-state index contributed by atoms with van der Waals surface area (Å²) in [6.07, 6.45) is 3.41. The zero-order valence-electron chi connectivity index (χ0n) is 9.46. The van der Waals surface area contributed by atoms with Crippen LogP contribution in [0.2, 0.25) is 0 Å². The molecule has 0 aliphatic heterocycles. The van der Waals surface area contributed by atoms with Gasteiger partial charge in [0.25, 0.3) is 0 Å². The van der Waals surface area contributed by atoms with Gasteiger partial charge in [-0.25, -0.2) is 0 Å². The van der Waals surface area contributed by atoms with Crippen LogP contribution in [-0.2, 0) is 6.42 Å². The quantitative estimate of drug-likeness (QED) is 0.668. The summed E-state index contributed by atoms with van der Waals surface area (Å²) in [6.45, 7) is 11.2. The summed E-state index contributed by atoms with van der Waals surface area (Å²) in [7, 11) is 0. The highest BCUT2D eigenvalue weighted by Gasteiger charge is 2.07. The van der Waals surface area contributed by atoms with Crippen molar-refractivity contribution in [2.45, 2.75) is 47.1 Å². The third-order valence-corrected chi connectivity index (χ3v) is 2.47. The van der Waals surface area contributed by atoms with Gasteiger partial charge in [-0.05, 0) is 44.7 Å². The molecule has 0 aromatic carbocycles. The molecule has 74 valence electrons. The normalized spacial score (nSPS) is 11.6. The highest BCUT2D eigenvalue weighted by Crippen LogP contribution is 2.18. The van der Waals surface area contributed by atoms with Crippen molar-refractivity contribution in [1.82, 2.24) is 4.57 Å². The van der Waals surface area contributed by atoms with Crippen LogP contribution < -0.4 is 0 Å². The molecule has 0 aliphatic carbocycles. The maximum absolute atomic E-state index is 2.34. The van der Waals surface area contributed by atoms with Gasteiger partial charge in [-0.15, -0.1) is 0 Å². The van der Waals surface area contributed by atoms with Gasteiger partial charge in [0, 0.05) is 17.9 Å². The van der Waals surface area contributed by atoms with Crippen molar-refractivity contribution >= 4 is 0 Å². The van der Waals surface area contributed by atoms with Gasteiger partial charge in [0.2, 0.25) is 0 Å². The summed E-state index contributed by atoms with van der Waals surface area (Å²) in [5, 5.41) is 0. The Kier molecular flexibility index (Phi) is 3.18. The Bertz CT molecular complexity index is 269. The lowest BCUT2D eigenvalue weighted by Crippen LogP contribution is -2.03. The van der Waals surface area contributed by atoms with Crippen molar-refractivity contribution in [3.05, 3.63) is 23.5 Å². The standard InChI is InChI=1S/C12H21N/c1-9(2)8-12-6-7-13(10(3)4)11(12)5/h6-7,9-10H,8H2,1-5H3. The molecule has 1 aromatic rings. The first-order valence-corrected chi connectivity index (χ1v) is 5.18. The van der Waals surface area contributed by atoms with E-state index in [9.17, 15) is 0 Å². The average Bonchev–Trinajstić information content (AvgIpc) is 2.32. The van der Waals surface area contributed by atoms with E-state index in [1.807, 2.05) is 0 Å². The molecule has 1 nitrogen and oxygen atoms in total. The average molecular weight is 179 g/mol. The van der Waals surface area contributed by atoms with Gasteiger partial charge in [0.05, 0.1) is 0 Å². The number of hydrogen-bond acceptors (Lipinski definition) is 0. The van der Waals surface area contributed by atoms with E-state index >= 15 is 0 Å². The Morgan fingerprint density at radius 3 is 2.23 bits per heavy atom. The van der Waals surface area contributed by atoms with E-state index in [1.165, 1.54) is 17.7 Å². The molecule has 0 fully saturated rings. The molecule has 0 bridgehead atoms. The molecular formula is C12H21N. The molecule has 13 heavy (non-hydrogen) atoms. The minimum Gasteiger partial charge on any atom is -0.349 e. The molecule has 0 radical (unpaired) electrons. The van der Waals surface area contributed by atoms with Gasteiger partial charge < -0.3 is 4.57 Å². The molecule has 0 N–H and O–H groups in total. The predicted octanol–water partition coefficient (Wildman–Crippen LogP) is 3.58. The Balaban J connectivity index is 2.86. The van der Waals surface area contributed by atoms with Gasteiger partial charge in [-0.1, -0.05) is 13.8 Å². The van der Waals surface area contributed by atoms with Crippen LogP contribution in [0.4, 0.5) is 0 Å². The van der Waals surface area contributed by atoms with Crippen molar-refractivity contribution < 1.29 is 0 Å². The fourth-order valence-electron chi connectivity index (χ4n) is 1.78. The van der Waals surface area contributed by atoms with Crippen LogP contribution in [0.25, 0.3) is 0 Å². The second-order valence-electron chi connectivity index (χ2n) is 4.53. The van der Waals surface area contributed by atoms with Crippen molar-refractivity contribution in [3.8, 4) is 0 Å². The van der Waals surface area contributed by atoms with E-state index in [-0.39, 0.29) is 0 Å². The molecule has 0 saturated carbocycles. The Morgan fingerprint density at radius 1 is 1.23 bits per heavy atom. The monoisotopic (exact) mass is 179 g/mol. The van der Waals surface area contributed by atoms with Gasteiger partial charge in [-0.2, -0.15) is 0 Å². The van der Waals surface area contributed by atoms with Crippen LogP contribution in [0.15, 0.2) is 12.3 Å². The summed E-state index contributed by atoms with van der Waals surface area (Å²) in [6, 6.07) is 2.84. The van der Waals surface area contributed by atoms with Crippen LogP contribution in [0, 0.1) is 12.8 Å². The largest absolute Gasteiger partial charge is 0.349 e. The Labute approximate surface area is 81.8 Å². The second-order valence-corrected chi connectivity index (χ2v) is 4.53. The maximum atomic E-state index is 2.34. The van der Waals surface area contributed by atoms with E-state index in [2.05, 4.69) is 51.4 Å². The van der Waals surface area contributed by atoms with Crippen molar-refractivity contribution in [2.24, 2.45) is 5.92 Å². The van der Waals surface area contributed by atoms with Crippen molar-refractivity contribution in [2.75, 3.05) is 0 Å². The van der Waals surface area contributed by atoms with Crippen LogP contribution in [0.5, 0.6) is 0 Å². The first kappa shape index (κ1) is 10.4. The van der Waals surface area contributed by atoms with E-state index in [0.29, 0.717) is 6.04 Å². The third kappa shape index (κ3) is 2.36. The maximum Gasteiger partial charge on any atom is 0.0276 e. The van der Waals surface area contributed by atoms with E-state index in [4.69, 9.17) is 0 Å². The molecular weight excluding hydrogens is 158 g/mol. The molecule has 1 heterocycles. The zero-order chi connectivity index (χ0) is 10.0. The van der Waals surface area contributed by atoms with Crippen molar-refractivity contribution in [3.63, 3.8) is 0 Å². The Hall–Kier alpha value is -0.720. The summed E-state index contributed by atoms with van der Waals surface area (Å²) >= 11 is 0. The van der Waals surface area contributed by atoms with Crippen LogP contribution >= 0.6 is 0 Å². The fourth-order valence-corrected chi connectivity index (χ4v) is 1.78. The zero-order valence-corrected chi connectivity index (χ0v) is 9.46. The fraction of sp³-hybridized carbons (Fsp3) is 0.667. The van der Waals surface area contributed by atoms with Gasteiger partial charge in [0.1, 0.15) is 0 Å². The molecule has 0 aliphatic rings. The summed E-state index contributed by atoms with van der Waals surface area (Å²) in [5.74, 6) is 0.752. The van der Waals surface area contributed by atoms with Gasteiger partial charge >= 0.3 is 0 Å². The minimum absolute atomic E-state index is 0.584. The lowest BCUT2D eigenvalue weighted by molar-refractivity contribution is 0.580. The predicted molar refractivity (Wildman–Crippen MR) is 58.1 cm³/mol. The highest BCUT2D eigenvalue weighted by atomic mass is 15.0. The molecule has 0 saturated heterocycles. The molecule has 0 atom stereocenters.